The Morgan fingerprint density at radius 2 is 2.10 bits per heavy atom. The van der Waals surface area contributed by atoms with Gasteiger partial charge in [-0.15, -0.1) is 11.3 Å². The van der Waals surface area contributed by atoms with Crippen molar-refractivity contribution in [1.29, 1.82) is 0 Å². The fraction of sp³-hybridized carbons (Fsp3) is 0.286. The summed E-state index contributed by atoms with van der Waals surface area (Å²) >= 11 is 1.63. The van der Waals surface area contributed by atoms with Gasteiger partial charge in [0.15, 0.2) is 5.96 Å². The van der Waals surface area contributed by atoms with E-state index in [0.717, 1.165) is 28.0 Å². The van der Waals surface area contributed by atoms with Crippen molar-refractivity contribution in [3.63, 3.8) is 0 Å². The smallest absolute Gasteiger partial charge is 0.191 e. The molecule has 0 saturated heterocycles. The van der Waals surface area contributed by atoms with Crippen molar-refractivity contribution < 1.29 is 4.74 Å². The van der Waals surface area contributed by atoms with Gasteiger partial charge in [0.25, 0.3) is 0 Å². The molecule has 2 rings (SSSR count). The molecule has 0 aliphatic rings. The Morgan fingerprint density at radius 1 is 1.35 bits per heavy atom. The normalized spacial score (nSPS) is 11.2. The zero-order chi connectivity index (χ0) is 14.4. The lowest BCUT2D eigenvalue weighted by molar-refractivity contribution is 0.415. The maximum Gasteiger partial charge on any atom is 0.191 e. The summed E-state index contributed by atoms with van der Waals surface area (Å²) in [4.78, 5) is 8.67. The van der Waals surface area contributed by atoms with Crippen molar-refractivity contribution in [2.45, 2.75) is 6.54 Å². The summed E-state index contributed by atoms with van der Waals surface area (Å²) in [6.07, 6.45) is 0. The van der Waals surface area contributed by atoms with Crippen molar-refractivity contribution in [2.75, 3.05) is 21.2 Å². The SMILES string of the molecule is CN=C(NC)NCc1csc(-c2ccc(OC)cc2)n1. The van der Waals surface area contributed by atoms with Gasteiger partial charge in [0.1, 0.15) is 10.8 Å². The van der Waals surface area contributed by atoms with Crippen molar-refractivity contribution in [3.8, 4) is 16.3 Å². The minimum atomic E-state index is 0.653. The molecule has 0 amide bonds. The van der Waals surface area contributed by atoms with Crippen LogP contribution < -0.4 is 15.4 Å². The molecule has 0 saturated carbocycles. The number of rotatable bonds is 4. The van der Waals surface area contributed by atoms with Gasteiger partial charge in [-0.3, -0.25) is 4.99 Å². The van der Waals surface area contributed by atoms with E-state index in [0.29, 0.717) is 6.54 Å². The maximum absolute atomic E-state index is 5.15. The van der Waals surface area contributed by atoms with Crippen LogP contribution in [0.25, 0.3) is 10.6 Å². The van der Waals surface area contributed by atoms with Crippen LogP contribution in [0.5, 0.6) is 5.75 Å². The monoisotopic (exact) mass is 290 g/mol. The van der Waals surface area contributed by atoms with Gasteiger partial charge in [0.2, 0.25) is 0 Å². The van der Waals surface area contributed by atoms with Crippen molar-refractivity contribution in [1.82, 2.24) is 15.6 Å². The van der Waals surface area contributed by atoms with Crippen LogP contribution in [0.4, 0.5) is 0 Å². The standard InChI is InChI=1S/C14H18N4OS/c1-15-14(16-2)17-8-11-9-20-13(18-11)10-4-6-12(19-3)7-5-10/h4-7,9H,8H2,1-3H3,(H2,15,16,17). The van der Waals surface area contributed by atoms with Gasteiger partial charge in [-0.25, -0.2) is 4.98 Å². The Kier molecular flexibility index (Phi) is 4.95. The van der Waals surface area contributed by atoms with Crippen LogP contribution in [0.1, 0.15) is 5.69 Å². The number of guanidine groups is 1. The Balaban J connectivity index is 2.04. The minimum Gasteiger partial charge on any atom is -0.497 e. The molecule has 0 aliphatic heterocycles. The third kappa shape index (κ3) is 3.48. The molecule has 0 atom stereocenters. The number of nitrogens with zero attached hydrogens (tertiary/aromatic N) is 2. The lowest BCUT2D eigenvalue weighted by Crippen LogP contribution is -2.34. The largest absolute Gasteiger partial charge is 0.497 e. The van der Waals surface area contributed by atoms with E-state index in [2.05, 4.69) is 26.0 Å². The summed E-state index contributed by atoms with van der Waals surface area (Å²) in [6.45, 7) is 0.653. The van der Waals surface area contributed by atoms with E-state index in [1.54, 1.807) is 25.5 Å². The van der Waals surface area contributed by atoms with Crippen LogP contribution in [0.3, 0.4) is 0 Å². The number of aromatic nitrogens is 1. The van der Waals surface area contributed by atoms with Gasteiger partial charge in [-0.1, -0.05) is 0 Å². The number of thiazole rings is 1. The molecule has 106 valence electrons. The first-order valence-electron chi connectivity index (χ1n) is 6.24. The predicted octanol–water partition coefficient (Wildman–Crippen LogP) is 2.11. The number of hydrogen-bond donors (Lipinski definition) is 2. The van der Waals surface area contributed by atoms with Crippen LogP contribution in [0.2, 0.25) is 0 Å². The van der Waals surface area contributed by atoms with Crippen LogP contribution in [-0.4, -0.2) is 32.1 Å². The summed E-state index contributed by atoms with van der Waals surface area (Å²) in [5.74, 6) is 1.61. The van der Waals surface area contributed by atoms with Gasteiger partial charge in [0.05, 0.1) is 19.3 Å². The average molecular weight is 290 g/mol. The summed E-state index contributed by atoms with van der Waals surface area (Å²) in [5.41, 5.74) is 2.09. The highest BCUT2D eigenvalue weighted by atomic mass is 32.1. The molecule has 1 aromatic carbocycles. The van der Waals surface area contributed by atoms with Crippen LogP contribution in [-0.2, 0) is 6.54 Å². The molecule has 5 nitrogen and oxygen atoms in total. The van der Waals surface area contributed by atoms with Crippen LogP contribution in [0, 0.1) is 0 Å². The molecule has 1 heterocycles. The quantitative estimate of drug-likeness (QED) is 0.669. The summed E-state index contributed by atoms with van der Waals surface area (Å²) in [5, 5.41) is 9.21. The number of nitrogens with one attached hydrogen (secondary N) is 2. The molecule has 2 N–H and O–H groups in total. The fourth-order valence-electron chi connectivity index (χ4n) is 1.71. The van der Waals surface area contributed by atoms with Gasteiger partial charge in [0, 0.05) is 25.0 Å². The first kappa shape index (κ1) is 14.3. The van der Waals surface area contributed by atoms with E-state index in [9.17, 15) is 0 Å². The Labute approximate surface area is 122 Å². The van der Waals surface area contributed by atoms with Gasteiger partial charge in [-0.2, -0.15) is 0 Å². The van der Waals surface area contributed by atoms with Crippen molar-refractivity contribution in [3.05, 3.63) is 35.3 Å². The Hall–Kier alpha value is -2.08. The first-order valence-corrected chi connectivity index (χ1v) is 7.12. The van der Waals surface area contributed by atoms with Gasteiger partial charge >= 0.3 is 0 Å². The number of methoxy groups -OCH3 is 1. The second-order valence-corrected chi connectivity index (χ2v) is 4.91. The molecule has 2 aromatic rings. The molecule has 0 radical (unpaired) electrons. The zero-order valence-electron chi connectivity index (χ0n) is 11.8. The van der Waals surface area contributed by atoms with E-state index in [1.807, 2.05) is 31.3 Å². The van der Waals surface area contributed by atoms with E-state index in [1.165, 1.54) is 0 Å². The highest BCUT2D eigenvalue weighted by Gasteiger charge is 2.05. The highest BCUT2D eigenvalue weighted by Crippen LogP contribution is 2.25. The molecule has 1 aromatic heterocycles. The van der Waals surface area contributed by atoms with E-state index < -0.39 is 0 Å². The molecule has 6 heteroatoms. The zero-order valence-corrected chi connectivity index (χ0v) is 12.6. The van der Waals surface area contributed by atoms with Gasteiger partial charge < -0.3 is 15.4 Å². The number of aliphatic imine (C=N–C) groups is 1. The molecule has 20 heavy (non-hydrogen) atoms. The van der Waals surface area contributed by atoms with Crippen molar-refractivity contribution in [2.24, 2.45) is 4.99 Å². The lowest BCUT2D eigenvalue weighted by Gasteiger charge is -2.06. The number of benzene rings is 1. The predicted molar refractivity (Wildman–Crippen MR) is 83.4 cm³/mol. The van der Waals surface area contributed by atoms with Crippen molar-refractivity contribution >= 4 is 17.3 Å². The van der Waals surface area contributed by atoms with Gasteiger partial charge in [-0.05, 0) is 24.3 Å². The molecular formula is C14H18N4OS. The molecule has 0 aliphatic carbocycles. The lowest BCUT2D eigenvalue weighted by atomic mass is 10.2. The van der Waals surface area contributed by atoms with Crippen LogP contribution in [0.15, 0.2) is 34.6 Å². The van der Waals surface area contributed by atoms with E-state index in [4.69, 9.17) is 4.74 Å². The Bertz CT molecular complexity index is 577. The van der Waals surface area contributed by atoms with Crippen LogP contribution >= 0.6 is 11.3 Å². The summed E-state index contributed by atoms with van der Waals surface area (Å²) in [6, 6.07) is 7.91. The number of ether oxygens (including phenoxy) is 1. The molecule has 0 fully saturated rings. The second kappa shape index (κ2) is 6.91. The summed E-state index contributed by atoms with van der Waals surface area (Å²) < 4.78 is 5.15. The third-order valence-electron chi connectivity index (χ3n) is 2.79. The molecular weight excluding hydrogens is 272 g/mol. The molecule has 0 unspecified atom stereocenters. The highest BCUT2D eigenvalue weighted by molar-refractivity contribution is 7.13. The maximum atomic E-state index is 5.15. The van der Waals surface area contributed by atoms with E-state index >= 15 is 0 Å². The molecule has 0 spiro atoms. The molecule has 0 bridgehead atoms. The summed E-state index contributed by atoms with van der Waals surface area (Å²) in [7, 11) is 5.23. The topological polar surface area (TPSA) is 58.5 Å². The number of hydrogen-bond acceptors (Lipinski definition) is 4. The van der Waals surface area contributed by atoms with E-state index in [-0.39, 0.29) is 0 Å². The Morgan fingerprint density at radius 3 is 2.70 bits per heavy atom. The third-order valence-corrected chi connectivity index (χ3v) is 3.73. The second-order valence-electron chi connectivity index (χ2n) is 4.05. The fourth-order valence-corrected chi connectivity index (χ4v) is 2.53. The minimum absolute atomic E-state index is 0.653. The first-order chi connectivity index (χ1) is 9.76. The average Bonchev–Trinajstić information content (AvgIpc) is 2.97.